The number of carbonyl (C=O) groups excluding carboxylic acids is 3. The molecular weight excluding hydrogens is 294 g/mol. The third kappa shape index (κ3) is 2.10. The Hall–Kier alpha value is -2.17. The van der Waals surface area contributed by atoms with Crippen molar-refractivity contribution in [1.82, 2.24) is 4.90 Å². The number of likely N-dealkylation sites (tertiary alicyclic amines) is 1. The van der Waals surface area contributed by atoms with Gasteiger partial charge in [0.05, 0.1) is 23.8 Å². The second kappa shape index (κ2) is 5.18. The molecule has 1 aromatic carbocycles. The quantitative estimate of drug-likeness (QED) is 0.753. The van der Waals surface area contributed by atoms with Crippen LogP contribution in [0.3, 0.4) is 0 Å². The van der Waals surface area contributed by atoms with Crippen LogP contribution >= 0.6 is 0 Å². The van der Waals surface area contributed by atoms with Crippen molar-refractivity contribution in [3.8, 4) is 0 Å². The summed E-state index contributed by atoms with van der Waals surface area (Å²) in [5.41, 5.74) is 0.780. The van der Waals surface area contributed by atoms with Gasteiger partial charge in [-0.25, -0.2) is 0 Å². The minimum Gasteiger partial charge on any atom is -0.548 e. The first-order chi connectivity index (χ1) is 11.1. The van der Waals surface area contributed by atoms with Gasteiger partial charge in [-0.05, 0) is 43.1 Å². The summed E-state index contributed by atoms with van der Waals surface area (Å²) in [6, 6.07) is 7.85. The van der Waals surface area contributed by atoms with Crippen LogP contribution in [0, 0.1) is 23.7 Å². The summed E-state index contributed by atoms with van der Waals surface area (Å²) in [6.45, 7) is 0. The number of carboxylic acid groups (broad SMARTS) is 1. The molecule has 1 aliphatic heterocycles. The molecular formula is C18H18NO4-. The van der Waals surface area contributed by atoms with Crippen LogP contribution in [0.1, 0.15) is 24.8 Å². The van der Waals surface area contributed by atoms with Crippen molar-refractivity contribution in [2.75, 3.05) is 0 Å². The van der Waals surface area contributed by atoms with E-state index in [-0.39, 0.29) is 41.9 Å². The van der Waals surface area contributed by atoms with Gasteiger partial charge >= 0.3 is 0 Å². The summed E-state index contributed by atoms with van der Waals surface area (Å²) in [4.78, 5) is 38.1. The lowest BCUT2D eigenvalue weighted by Crippen LogP contribution is -2.52. The van der Waals surface area contributed by atoms with Crippen LogP contribution < -0.4 is 5.11 Å². The number of rotatable bonds is 4. The van der Waals surface area contributed by atoms with Crippen LogP contribution in [-0.2, 0) is 20.8 Å². The maximum Gasteiger partial charge on any atom is 0.234 e. The molecule has 5 atom stereocenters. The molecule has 5 nitrogen and oxygen atoms in total. The smallest absolute Gasteiger partial charge is 0.234 e. The van der Waals surface area contributed by atoms with Gasteiger partial charge in [-0.3, -0.25) is 14.5 Å². The van der Waals surface area contributed by atoms with Gasteiger partial charge in [0.25, 0.3) is 0 Å². The zero-order valence-electron chi connectivity index (χ0n) is 12.7. The monoisotopic (exact) mass is 312 g/mol. The van der Waals surface area contributed by atoms with Gasteiger partial charge in [-0.15, -0.1) is 0 Å². The maximum absolute atomic E-state index is 12.7. The Balaban J connectivity index is 1.63. The van der Waals surface area contributed by atoms with Crippen molar-refractivity contribution in [2.24, 2.45) is 23.7 Å². The lowest BCUT2D eigenvalue weighted by molar-refractivity contribution is -0.310. The van der Waals surface area contributed by atoms with Gasteiger partial charge in [0.1, 0.15) is 0 Å². The molecule has 5 heteroatoms. The second-order valence-electron chi connectivity index (χ2n) is 6.96. The highest BCUT2D eigenvalue weighted by Crippen LogP contribution is 2.56. The molecule has 120 valence electrons. The Labute approximate surface area is 134 Å². The molecule has 1 saturated heterocycles. The third-order valence-electron chi connectivity index (χ3n) is 5.82. The van der Waals surface area contributed by atoms with Gasteiger partial charge in [0, 0.05) is 0 Å². The number of benzene rings is 1. The molecule has 2 bridgehead atoms. The normalized spacial score (nSPS) is 33.1. The van der Waals surface area contributed by atoms with E-state index < -0.39 is 12.0 Å². The molecule has 3 fully saturated rings. The van der Waals surface area contributed by atoms with Crippen LogP contribution in [0.2, 0.25) is 0 Å². The number of carboxylic acids is 1. The van der Waals surface area contributed by atoms with E-state index in [0.717, 1.165) is 29.7 Å². The summed E-state index contributed by atoms with van der Waals surface area (Å²) in [5.74, 6) is -2.02. The van der Waals surface area contributed by atoms with Crippen LogP contribution in [0.5, 0.6) is 0 Å². The Kier molecular flexibility index (Phi) is 3.25. The molecule has 0 aromatic heterocycles. The Morgan fingerprint density at radius 2 is 1.65 bits per heavy atom. The van der Waals surface area contributed by atoms with E-state index in [1.54, 1.807) is 12.1 Å². The van der Waals surface area contributed by atoms with E-state index in [9.17, 15) is 19.5 Å². The van der Waals surface area contributed by atoms with E-state index in [0.29, 0.717) is 0 Å². The molecule has 23 heavy (non-hydrogen) atoms. The van der Waals surface area contributed by atoms with Gasteiger partial charge in [0.2, 0.25) is 11.8 Å². The summed E-state index contributed by atoms with van der Waals surface area (Å²) in [5, 5.41) is 11.6. The van der Waals surface area contributed by atoms with Crippen molar-refractivity contribution < 1.29 is 19.5 Å². The van der Waals surface area contributed by atoms with Gasteiger partial charge in [-0.1, -0.05) is 30.3 Å². The van der Waals surface area contributed by atoms with Gasteiger partial charge < -0.3 is 9.90 Å². The lowest BCUT2D eigenvalue weighted by atomic mass is 9.81. The number of amides is 2. The molecule has 0 spiro atoms. The van der Waals surface area contributed by atoms with E-state index in [1.165, 1.54) is 0 Å². The Morgan fingerprint density at radius 1 is 1.09 bits per heavy atom. The molecule has 1 aromatic rings. The Morgan fingerprint density at radius 3 is 2.17 bits per heavy atom. The van der Waals surface area contributed by atoms with Crippen molar-refractivity contribution in [2.45, 2.75) is 31.7 Å². The number of hydrogen-bond acceptors (Lipinski definition) is 4. The van der Waals surface area contributed by atoms with E-state index >= 15 is 0 Å². The molecule has 4 rings (SSSR count). The zero-order chi connectivity index (χ0) is 16.1. The zero-order valence-corrected chi connectivity index (χ0v) is 12.7. The number of imide groups is 1. The van der Waals surface area contributed by atoms with Crippen molar-refractivity contribution in [3.05, 3.63) is 35.9 Å². The molecule has 3 aliphatic rings. The molecule has 0 N–H and O–H groups in total. The molecule has 1 heterocycles. The minimum absolute atomic E-state index is 0.107. The average Bonchev–Trinajstić information content (AvgIpc) is 3.21. The van der Waals surface area contributed by atoms with Gasteiger partial charge in [0.15, 0.2) is 0 Å². The van der Waals surface area contributed by atoms with Gasteiger partial charge in [-0.2, -0.15) is 0 Å². The standard InChI is InChI=1S/C18H19NO4/c20-16-14-11-6-7-12(9-11)15(14)17(21)19(16)13(18(22)23)8-10-4-2-1-3-5-10/h1-5,11-15H,6-9H2,(H,22,23)/p-1/t11-,12-,13+,14-,15+/m0/s1. The Bertz CT molecular complexity index is 643. The summed E-state index contributed by atoms with van der Waals surface area (Å²) < 4.78 is 0. The summed E-state index contributed by atoms with van der Waals surface area (Å²) in [7, 11) is 0. The number of fused-ring (bicyclic) bond motifs is 5. The molecule has 0 radical (unpaired) electrons. The fourth-order valence-electron chi connectivity index (χ4n) is 4.86. The number of nitrogens with zero attached hydrogens (tertiary/aromatic N) is 1. The maximum atomic E-state index is 12.7. The fourth-order valence-corrected chi connectivity index (χ4v) is 4.86. The average molecular weight is 312 g/mol. The molecule has 2 amide bonds. The first-order valence-electron chi connectivity index (χ1n) is 8.19. The highest BCUT2D eigenvalue weighted by Gasteiger charge is 2.61. The summed E-state index contributed by atoms with van der Waals surface area (Å²) >= 11 is 0. The fraction of sp³-hybridized carbons (Fsp3) is 0.500. The molecule has 0 unspecified atom stereocenters. The molecule has 2 aliphatic carbocycles. The highest BCUT2D eigenvalue weighted by atomic mass is 16.4. The predicted octanol–water partition coefficient (Wildman–Crippen LogP) is 0.379. The number of carbonyl (C=O) groups is 3. The summed E-state index contributed by atoms with van der Waals surface area (Å²) in [6.07, 6.45) is 3.01. The van der Waals surface area contributed by atoms with E-state index in [2.05, 4.69) is 0 Å². The van der Waals surface area contributed by atoms with E-state index in [4.69, 9.17) is 0 Å². The van der Waals surface area contributed by atoms with Crippen LogP contribution in [0.15, 0.2) is 30.3 Å². The highest BCUT2D eigenvalue weighted by molar-refractivity contribution is 6.08. The number of hydrogen-bond donors (Lipinski definition) is 0. The first kappa shape index (κ1) is 14.4. The topological polar surface area (TPSA) is 77.5 Å². The predicted molar refractivity (Wildman–Crippen MR) is 78.6 cm³/mol. The van der Waals surface area contributed by atoms with Crippen LogP contribution in [0.4, 0.5) is 0 Å². The number of aliphatic carboxylic acids is 1. The van der Waals surface area contributed by atoms with Crippen molar-refractivity contribution in [3.63, 3.8) is 0 Å². The van der Waals surface area contributed by atoms with E-state index in [1.807, 2.05) is 18.2 Å². The first-order valence-corrected chi connectivity index (χ1v) is 8.19. The SMILES string of the molecule is O=C([O-])[C@@H](Cc1ccccc1)N1C(=O)[C@@H]2[C@H]3CC[C@@H](C3)[C@@H]2C1=O. The van der Waals surface area contributed by atoms with Crippen LogP contribution in [0.25, 0.3) is 0 Å². The van der Waals surface area contributed by atoms with Crippen LogP contribution in [-0.4, -0.2) is 28.7 Å². The van der Waals surface area contributed by atoms with Crippen molar-refractivity contribution >= 4 is 17.8 Å². The lowest BCUT2D eigenvalue weighted by Gasteiger charge is -2.28. The second-order valence-corrected chi connectivity index (χ2v) is 6.96. The minimum atomic E-state index is -1.36. The largest absolute Gasteiger partial charge is 0.548 e. The molecule has 2 saturated carbocycles. The third-order valence-corrected chi connectivity index (χ3v) is 5.82. The van der Waals surface area contributed by atoms with Crippen molar-refractivity contribution in [1.29, 1.82) is 0 Å².